The van der Waals surface area contributed by atoms with Crippen LogP contribution in [0.3, 0.4) is 0 Å². The molecule has 1 N–H and O–H groups in total. The Labute approximate surface area is 82.6 Å². The Morgan fingerprint density at radius 3 is 3.21 bits per heavy atom. The molecule has 0 saturated heterocycles. The van der Waals surface area contributed by atoms with Crippen LogP contribution >= 0.6 is 0 Å². The van der Waals surface area contributed by atoms with Crippen molar-refractivity contribution in [1.29, 1.82) is 0 Å². The molecule has 0 spiro atoms. The first-order valence-corrected chi connectivity index (χ1v) is 4.91. The number of hydrogen-bond acceptors (Lipinski definition) is 2. The number of allylic oxidation sites excluding steroid dienone is 1. The predicted octanol–water partition coefficient (Wildman–Crippen LogP) is 2.34. The second-order valence-electron chi connectivity index (χ2n) is 3.91. The van der Waals surface area contributed by atoms with Crippen molar-refractivity contribution in [3.63, 3.8) is 0 Å². The zero-order chi connectivity index (χ0) is 9.54. The van der Waals surface area contributed by atoms with Crippen molar-refractivity contribution in [2.24, 2.45) is 0 Å². The highest BCUT2D eigenvalue weighted by atomic mass is 16.1. The molecule has 2 unspecified atom stereocenters. The van der Waals surface area contributed by atoms with E-state index in [-0.39, 0.29) is 0 Å². The summed E-state index contributed by atoms with van der Waals surface area (Å²) in [6, 6.07) is 6.33. The Kier molecular flexibility index (Phi) is 1.51. The maximum absolute atomic E-state index is 10.7. The van der Waals surface area contributed by atoms with Crippen LogP contribution in [0.4, 0.5) is 5.69 Å². The summed E-state index contributed by atoms with van der Waals surface area (Å²) in [5.41, 5.74) is 3.26. The third-order valence-electron chi connectivity index (χ3n) is 3.10. The Hall–Kier alpha value is -1.57. The molecular formula is C12H11NO. The fraction of sp³-hybridized carbons (Fsp3) is 0.250. The lowest BCUT2D eigenvalue weighted by Gasteiger charge is -2.08. The van der Waals surface area contributed by atoms with Crippen LogP contribution in [0.2, 0.25) is 0 Å². The van der Waals surface area contributed by atoms with E-state index in [9.17, 15) is 4.79 Å². The summed E-state index contributed by atoms with van der Waals surface area (Å²) in [6.45, 7) is 0. The van der Waals surface area contributed by atoms with Crippen molar-refractivity contribution < 1.29 is 4.79 Å². The Morgan fingerprint density at radius 1 is 1.43 bits per heavy atom. The lowest BCUT2D eigenvalue weighted by molar-refractivity contribution is 0.112. The fourth-order valence-electron chi connectivity index (χ4n) is 2.39. The van der Waals surface area contributed by atoms with Gasteiger partial charge in [-0.15, -0.1) is 0 Å². The lowest BCUT2D eigenvalue weighted by Crippen LogP contribution is -2.12. The van der Waals surface area contributed by atoms with E-state index < -0.39 is 0 Å². The summed E-state index contributed by atoms with van der Waals surface area (Å²) >= 11 is 0. The zero-order valence-electron chi connectivity index (χ0n) is 7.73. The van der Waals surface area contributed by atoms with Gasteiger partial charge in [0, 0.05) is 17.2 Å². The van der Waals surface area contributed by atoms with Gasteiger partial charge in [0.25, 0.3) is 0 Å². The third-order valence-corrected chi connectivity index (χ3v) is 3.10. The number of rotatable bonds is 1. The minimum atomic E-state index is 0.451. The molecule has 2 nitrogen and oxygen atoms in total. The van der Waals surface area contributed by atoms with Gasteiger partial charge in [0.15, 0.2) is 0 Å². The first-order chi connectivity index (χ1) is 6.88. The van der Waals surface area contributed by atoms with Crippen LogP contribution in [-0.2, 0) is 0 Å². The van der Waals surface area contributed by atoms with Gasteiger partial charge in [-0.2, -0.15) is 0 Å². The zero-order valence-corrected chi connectivity index (χ0v) is 7.73. The second-order valence-corrected chi connectivity index (χ2v) is 3.91. The predicted molar refractivity (Wildman–Crippen MR) is 55.7 cm³/mol. The fourth-order valence-corrected chi connectivity index (χ4v) is 2.39. The van der Waals surface area contributed by atoms with Crippen molar-refractivity contribution in [2.45, 2.75) is 18.4 Å². The summed E-state index contributed by atoms with van der Waals surface area (Å²) < 4.78 is 0. The summed E-state index contributed by atoms with van der Waals surface area (Å²) in [5, 5.41) is 3.44. The maximum atomic E-state index is 10.7. The van der Waals surface area contributed by atoms with Crippen LogP contribution in [-0.4, -0.2) is 12.3 Å². The van der Waals surface area contributed by atoms with Crippen molar-refractivity contribution in [3.05, 3.63) is 41.5 Å². The van der Waals surface area contributed by atoms with E-state index >= 15 is 0 Å². The van der Waals surface area contributed by atoms with E-state index in [0.717, 1.165) is 18.3 Å². The number of carbonyl (C=O) groups is 1. The smallest absolute Gasteiger partial charge is 0.150 e. The van der Waals surface area contributed by atoms with Gasteiger partial charge in [0.1, 0.15) is 6.29 Å². The molecule has 0 amide bonds. The van der Waals surface area contributed by atoms with E-state index in [0.29, 0.717) is 12.0 Å². The number of benzene rings is 1. The highest BCUT2D eigenvalue weighted by Crippen LogP contribution is 2.42. The van der Waals surface area contributed by atoms with Gasteiger partial charge in [0.2, 0.25) is 0 Å². The molecule has 0 aromatic heterocycles. The van der Waals surface area contributed by atoms with Crippen molar-refractivity contribution in [1.82, 2.24) is 0 Å². The van der Waals surface area contributed by atoms with Crippen molar-refractivity contribution in [3.8, 4) is 0 Å². The van der Waals surface area contributed by atoms with E-state index in [1.807, 2.05) is 18.2 Å². The summed E-state index contributed by atoms with van der Waals surface area (Å²) in [6.07, 6.45) is 6.42. The number of hydrogen-bond donors (Lipinski definition) is 1. The molecule has 2 atom stereocenters. The highest BCUT2D eigenvalue weighted by Gasteiger charge is 2.32. The molecule has 70 valence electrons. The SMILES string of the molecule is O=Cc1ccc2c(c1)C1CC=CC1N2. The number of anilines is 1. The van der Waals surface area contributed by atoms with Gasteiger partial charge in [-0.05, 0) is 30.2 Å². The minimum absolute atomic E-state index is 0.451. The average molecular weight is 185 g/mol. The number of carbonyl (C=O) groups excluding carboxylic acids is 1. The molecule has 3 rings (SSSR count). The molecule has 1 aliphatic heterocycles. The van der Waals surface area contributed by atoms with Crippen LogP contribution in [0.15, 0.2) is 30.4 Å². The monoisotopic (exact) mass is 185 g/mol. The molecule has 0 fully saturated rings. The van der Waals surface area contributed by atoms with Crippen molar-refractivity contribution in [2.75, 3.05) is 5.32 Å². The van der Waals surface area contributed by atoms with E-state index in [4.69, 9.17) is 0 Å². The average Bonchev–Trinajstić information content (AvgIpc) is 2.76. The van der Waals surface area contributed by atoms with Gasteiger partial charge < -0.3 is 5.32 Å². The third kappa shape index (κ3) is 0.939. The molecule has 1 aliphatic carbocycles. The van der Waals surface area contributed by atoms with Crippen molar-refractivity contribution >= 4 is 12.0 Å². The summed E-state index contributed by atoms with van der Waals surface area (Å²) in [5.74, 6) is 0.546. The minimum Gasteiger partial charge on any atom is -0.378 e. The second kappa shape index (κ2) is 2.71. The van der Waals surface area contributed by atoms with Gasteiger partial charge >= 0.3 is 0 Å². The van der Waals surface area contributed by atoms with Gasteiger partial charge in [-0.1, -0.05) is 12.2 Å². The topological polar surface area (TPSA) is 29.1 Å². The van der Waals surface area contributed by atoms with Gasteiger partial charge in [-0.3, -0.25) is 4.79 Å². The van der Waals surface area contributed by atoms with Crippen LogP contribution in [0, 0.1) is 0 Å². The quantitative estimate of drug-likeness (QED) is 0.537. The first kappa shape index (κ1) is 7.80. The lowest BCUT2D eigenvalue weighted by atomic mass is 9.95. The Balaban J connectivity index is 2.09. The number of fused-ring (bicyclic) bond motifs is 3. The molecule has 2 heteroatoms. The molecule has 0 bridgehead atoms. The molecular weight excluding hydrogens is 174 g/mol. The molecule has 1 aromatic rings. The standard InChI is InChI=1S/C12H11NO/c14-7-8-4-5-12-10(6-8)9-2-1-3-11(9)13-12/h1,3-7,9,11,13H,2H2. The normalized spacial score (nSPS) is 26.9. The molecule has 2 aliphatic rings. The Morgan fingerprint density at radius 2 is 2.36 bits per heavy atom. The molecule has 1 heterocycles. The largest absolute Gasteiger partial charge is 0.378 e. The number of nitrogens with one attached hydrogen (secondary N) is 1. The molecule has 0 saturated carbocycles. The molecule has 1 aromatic carbocycles. The maximum Gasteiger partial charge on any atom is 0.150 e. The summed E-state index contributed by atoms with van der Waals surface area (Å²) in [7, 11) is 0. The number of aldehydes is 1. The van der Waals surface area contributed by atoms with E-state index in [2.05, 4.69) is 17.5 Å². The molecule has 14 heavy (non-hydrogen) atoms. The highest BCUT2D eigenvalue weighted by molar-refractivity contribution is 5.78. The van der Waals surface area contributed by atoms with Crippen LogP contribution in [0.1, 0.15) is 28.3 Å². The summed E-state index contributed by atoms with van der Waals surface area (Å²) in [4.78, 5) is 10.7. The Bertz CT molecular complexity index is 422. The van der Waals surface area contributed by atoms with E-state index in [1.165, 1.54) is 11.3 Å². The first-order valence-electron chi connectivity index (χ1n) is 4.91. The van der Waals surface area contributed by atoms with E-state index in [1.54, 1.807) is 0 Å². The van der Waals surface area contributed by atoms with Crippen LogP contribution < -0.4 is 5.32 Å². The van der Waals surface area contributed by atoms with Crippen LogP contribution in [0.5, 0.6) is 0 Å². The van der Waals surface area contributed by atoms with Crippen LogP contribution in [0.25, 0.3) is 0 Å². The molecule has 0 radical (unpaired) electrons. The van der Waals surface area contributed by atoms with Gasteiger partial charge in [-0.25, -0.2) is 0 Å². The van der Waals surface area contributed by atoms with Gasteiger partial charge in [0.05, 0.1) is 6.04 Å².